The van der Waals surface area contributed by atoms with Crippen LogP contribution < -0.4 is 14.8 Å². The molecule has 0 bridgehead atoms. The molecular formula is C18H27N3O3. The number of methoxy groups -OCH3 is 2. The highest BCUT2D eigenvalue weighted by Crippen LogP contribution is 2.38. The standard InChI is InChI=1S/C18H27N3O3/c1-19-17(21-8-6-18(12-21)7-9-24-13-18)20-11-14-4-5-15(22-2)10-16(14)23-3/h4-5,10H,6-9,11-13H2,1-3H3,(H,19,20). The second-order valence-electron chi connectivity index (χ2n) is 6.55. The number of nitrogens with one attached hydrogen (secondary N) is 1. The molecule has 3 rings (SSSR count). The predicted molar refractivity (Wildman–Crippen MR) is 93.8 cm³/mol. The van der Waals surface area contributed by atoms with Gasteiger partial charge in [0.1, 0.15) is 11.5 Å². The molecule has 2 heterocycles. The van der Waals surface area contributed by atoms with E-state index in [0.29, 0.717) is 12.0 Å². The molecular weight excluding hydrogens is 306 g/mol. The first kappa shape index (κ1) is 16.9. The second-order valence-corrected chi connectivity index (χ2v) is 6.55. The minimum atomic E-state index is 0.329. The van der Waals surface area contributed by atoms with Crippen LogP contribution >= 0.6 is 0 Å². The molecule has 1 spiro atoms. The Balaban J connectivity index is 1.63. The lowest BCUT2D eigenvalue weighted by atomic mass is 9.87. The average molecular weight is 333 g/mol. The van der Waals surface area contributed by atoms with Crippen molar-refractivity contribution in [3.63, 3.8) is 0 Å². The summed E-state index contributed by atoms with van der Waals surface area (Å²) in [4.78, 5) is 6.79. The van der Waals surface area contributed by atoms with Crippen LogP contribution in [0.2, 0.25) is 0 Å². The van der Waals surface area contributed by atoms with Crippen LogP contribution in [0.1, 0.15) is 18.4 Å². The highest BCUT2D eigenvalue weighted by molar-refractivity contribution is 5.80. The summed E-state index contributed by atoms with van der Waals surface area (Å²) in [6, 6.07) is 5.87. The van der Waals surface area contributed by atoms with Crippen molar-refractivity contribution in [2.45, 2.75) is 19.4 Å². The molecule has 6 nitrogen and oxygen atoms in total. The Labute approximate surface area is 143 Å². The van der Waals surface area contributed by atoms with E-state index in [1.54, 1.807) is 14.2 Å². The summed E-state index contributed by atoms with van der Waals surface area (Å²) in [5, 5.41) is 3.46. The van der Waals surface area contributed by atoms with E-state index in [2.05, 4.69) is 15.2 Å². The molecule has 1 aromatic rings. The minimum absolute atomic E-state index is 0.329. The van der Waals surface area contributed by atoms with Crippen molar-refractivity contribution in [3.8, 4) is 11.5 Å². The van der Waals surface area contributed by atoms with Gasteiger partial charge < -0.3 is 24.4 Å². The molecule has 0 saturated carbocycles. The molecule has 6 heteroatoms. The van der Waals surface area contributed by atoms with Gasteiger partial charge in [-0.05, 0) is 25.0 Å². The normalized spacial score (nSPS) is 23.8. The number of rotatable bonds is 4. The van der Waals surface area contributed by atoms with Gasteiger partial charge in [-0.1, -0.05) is 0 Å². The molecule has 1 aromatic carbocycles. The monoisotopic (exact) mass is 333 g/mol. The van der Waals surface area contributed by atoms with Gasteiger partial charge in [0.05, 0.1) is 20.8 Å². The molecule has 1 atom stereocenters. The Hall–Kier alpha value is -1.95. The Bertz CT molecular complexity index is 597. The summed E-state index contributed by atoms with van der Waals surface area (Å²) in [7, 11) is 5.17. The summed E-state index contributed by atoms with van der Waals surface area (Å²) in [5.74, 6) is 2.55. The SMILES string of the molecule is CN=C(NCc1ccc(OC)cc1OC)N1CCC2(CCOC2)C1. The fraction of sp³-hybridized carbons (Fsp3) is 0.611. The number of benzene rings is 1. The average Bonchev–Trinajstić information content (AvgIpc) is 3.26. The lowest BCUT2D eigenvalue weighted by molar-refractivity contribution is 0.156. The van der Waals surface area contributed by atoms with Crippen LogP contribution in [0.5, 0.6) is 11.5 Å². The van der Waals surface area contributed by atoms with E-state index in [1.807, 2.05) is 25.2 Å². The number of ether oxygens (including phenoxy) is 3. The van der Waals surface area contributed by atoms with Crippen molar-refractivity contribution in [1.82, 2.24) is 10.2 Å². The third-order valence-electron chi connectivity index (χ3n) is 5.07. The van der Waals surface area contributed by atoms with Gasteiger partial charge >= 0.3 is 0 Å². The smallest absolute Gasteiger partial charge is 0.193 e. The summed E-state index contributed by atoms with van der Waals surface area (Å²) in [6.45, 7) is 4.49. The Kier molecular flexibility index (Phi) is 5.14. The van der Waals surface area contributed by atoms with Crippen molar-refractivity contribution >= 4 is 5.96 Å². The van der Waals surface area contributed by atoms with Gasteiger partial charge in [0, 0.05) is 50.3 Å². The first-order chi connectivity index (χ1) is 11.7. The fourth-order valence-electron chi connectivity index (χ4n) is 3.59. The topological polar surface area (TPSA) is 55.3 Å². The lowest BCUT2D eigenvalue weighted by Gasteiger charge is -2.25. The van der Waals surface area contributed by atoms with Crippen molar-refractivity contribution in [2.75, 3.05) is 47.6 Å². The Morgan fingerprint density at radius 2 is 2.21 bits per heavy atom. The zero-order valence-electron chi connectivity index (χ0n) is 14.8. The molecule has 0 radical (unpaired) electrons. The van der Waals surface area contributed by atoms with Gasteiger partial charge in [-0.2, -0.15) is 0 Å². The van der Waals surface area contributed by atoms with Gasteiger partial charge in [-0.3, -0.25) is 4.99 Å². The lowest BCUT2D eigenvalue weighted by Crippen LogP contribution is -2.41. The van der Waals surface area contributed by atoms with E-state index < -0.39 is 0 Å². The summed E-state index contributed by atoms with van der Waals surface area (Å²) in [6.07, 6.45) is 2.34. The molecule has 2 fully saturated rings. The molecule has 1 unspecified atom stereocenters. The molecule has 132 valence electrons. The quantitative estimate of drug-likeness (QED) is 0.674. The van der Waals surface area contributed by atoms with Gasteiger partial charge in [-0.25, -0.2) is 0 Å². The Morgan fingerprint density at radius 1 is 1.33 bits per heavy atom. The van der Waals surface area contributed by atoms with E-state index in [0.717, 1.165) is 55.7 Å². The van der Waals surface area contributed by atoms with Crippen molar-refractivity contribution < 1.29 is 14.2 Å². The third kappa shape index (κ3) is 3.43. The number of guanidine groups is 1. The van der Waals surface area contributed by atoms with Gasteiger partial charge in [0.15, 0.2) is 5.96 Å². The number of nitrogens with zero attached hydrogens (tertiary/aromatic N) is 2. The van der Waals surface area contributed by atoms with E-state index in [4.69, 9.17) is 14.2 Å². The van der Waals surface area contributed by atoms with Crippen molar-refractivity contribution in [2.24, 2.45) is 10.4 Å². The summed E-state index contributed by atoms with van der Waals surface area (Å²) >= 11 is 0. The van der Waals surface area contributed by atoms with Crippen LogP contribution in [-0.4, -0.2) is 58.4 Å². The third-order valence-corrected chi connectivity index (χ3v) is 5.07. The van der Waals surface area contributed by atoms with Crippen LogP contribution in [0.4, 0.5) is 0 Å². The maximum Gasteiger partial charge on any atom is 0.193 e. The van der Waals surface area contributed by atoms with E-state index in [9.17, 15) is 0 Å². The van der Waals surface area contributed by atoms with E-state index in [1.165, 1.54) is 6.42 Å². The maximum absolute atomic E-state index is 5.61. The predicted octanol–water partition coefficient (Wildman–Crippen LogP) is 1.89. The van der Waals surface area contributed by atoms with Crippen molar-refractivity contribution in [3.05, 3.63) is 23.8 Å². The fourth-order valence-corrected chi connectivity index (χ4v) is 3.59. The minimum Gasteiger partial charge on any atom is -0.497 e. The van der Waals surface area contributed by atoms with E-state index in [-0.39, 0.29) is 0 Å². The van der Waals surface area contributed by atoms with Crippen LogP contribution in [-0.2, 0) is 11.3 Å². The molecule has 1 N–H and O–H groups in total. The number of likely N-dealkylation sites (tertiary alicyclic amines) is 1. The van der Waals surface area contributed by atoms with Gasteiger partial charge in [0.25, 0.3) is 0 Å². The molecule has 0 aliphatic carbocycles. The molecule has 0 amide bonds. The summed E-state index contributed by atoms with van der Waals surface area (Å²) < 4.78 is 16.3. The number of hydrogen-bond donors (Lipinski definition) is 1. The van der Waals surface area contributed by atoms with Crippen LogP contribution in [0, 0.1) is 5.41 Å². The van der Waals surface area contributed by atoms with E-state index >= 15 is 0 Å². The van der Waals surface area contributed by atoms with Crippen LogP contribution in [0.15, 0.2) is 23.2 Å². The summed E-state index contributed by atoms with van der Waals surface area (Å²) in [5.41, 5.74) is 1.41. The van der Waals surface area contributed by atoms with Gasteiger partial charge in [0.2, 0.25) is 0 Å². The largest absolute Gasteiger partial charge is 0.497 e. The zero-order chi connectivity index (χ0) is 17.0. The molecule has 2 saturated heterocycles. The second kappa shape index (κ2) is 7.30. The first-order valence-electron chi connectivity index (χ1n) is 8.44. The number of hydrogen-bond acceptors (Lipinski definition) is 4. The van der Waals surface area contributed by atoms with Crippen molar-refractivity contribution in [1.29, 1.82) is 0 Å². The zero-order valence-corrected chi connectivity index (χ0v) is 14.8. The molecule has 0 aromatic heterocycles. The van der Waals surface area contributed by atoms with Crippen LogP contribution in [0.3, 0.4) is 0 Å². The highest BCUT2D eigenvalue weighted by atomic mass is 16.5. The molecule has 24 heavy (non-hydrogen) atoms. The first-order valence-corrected chi connectivity index (χ1v) is 8.44. The number of aliphatic imine (C=N–C) groups is 1. The molecule has 2 aliphatic heterocycles. The maximum atomic E-state index is 5.61. The van der Waals surface area contributed by atoms with Crippen LogP contribution in [0.25, 0.3) is 0 Å². The highest BCUT2D eigenvalue weighted by Gasteiger charge is 2.42. The Morgan fingerprint density at radius 3 is 2.88 bits per heavy atom. The molecule has 2 aliphatic rings. The van der Waals surface area contributed by atoms with Gasteiger partial charge in [-0.15, -0.1) is 0 Å².